The first-order chi connectivity index (χ1) is 12.2. The lowest BCUT2D eigenvalue weighted by Crippen LogP contribution is -2.28. The summed E-state index contributed by atoms with van der Waals surface area (Å²) in [4.78, 5) is 12.2. The number of rotatable bonds is 5. The van der Waals surface area contributed by atoms with Crippen LogP contribution in [-0.4, -0.2) is 24.4 Å². The summed E-state index contributed by atoms with van der Waals surface area (Å²) in [6.45, 7) is 0.161. The van der Waals surface area contributed by atoms with E-state index in [9.17, 15) is 9.90 Å². The van der Waals surface area contributed by atoms with E-state index in [-0.39, 0.29) is 19.2 Å². The van der Waals surface area contributed by atoms with Crippen molar-refractivity contribution in [2.45, 2.75) is 6.10 Å². The lowest BCUT2D eigenvalue weighted by atomic mass is 10.2. The third-order valence-electron chi connectivity index (χ3n) is 3.81. The van der Waals surface area contributed by atoms with E-state index in [1.807, 2.05) is 0 Å². The molecule has 0 aliphatic carbocycles. The van der Waals surface area contributed by atoms with E-state index in [4.69, 9.17) is 18.3 Å². The molecule has 1 atom stereocenters. The number of ether oxygens (including phenoxy) is 2. The van der Waals surface area contributed by atoms with Gasteiger partial charge in [0.1, 0.15) is 11.9 Å². The SMILES string of the molecule is O=C(NC[C@H](O)c1ccc(-c2ccco2)o1)c1ccc2c(c1)OCO2. The van der Waals surface area contributed by atoms with Gasteiger partial charge < -0.3 is 28.7 Å². The van der Waals surface area contributed by atoms with Gasteiger partial charge in [-0.2, -0.15) is 0 Å². The van der Waals surface area contributed by atoms with Crippen LogP contribution in [0.3, 0.4) is 0 Å². The molecular formula is C18H15NO6. The molecule has 0 spiro atoms. The van der Waals surface area contributed by atoms with Gasteiger partial charge in [0, 0.05) is 5.56 Å². The van der Waals surface area contributed by atoms with Gasteiger partial charge >= 0.3 is 0 Å². The Labute approximate surface area is 142 Å². The van der Waals surface area contributed by atoms with Crippen molar-refractivity contribution in [3.05, 3.63) is 60.1 Å². The number of hydrogen-bond acceptors (Lipinski definition) is 6. The third-order valence-corrected chi connectivity index (χ3v) is 3.81. The number of furan rings is 2. The third kappa shape index (κ3) is 3.09. The minimum atomic E-state index is -0.971. The van der Waals surface area contributed by atoms with Crippen LogP contribution in [0.1, 0.15) is 22.2 Å². The smallest absolute Gasteiger partial charge is 0.251 e. The molecule has 0 unspecified atom stereocenters. The van der Waals surface area contributed by atoms with Gasteiger partial charge in [-0.25, -0.2) is 0 Å². The second kappa shape index (κ2) is 6.37. The van der Waals surface area contributed by atoms with E-state index in [1.165, 1.54) is 0 Å². The van der Waals surface area contributed by atoms with Crippen molar-refractivity contribution < 1.29 is 28.2 Å². The fourth-order valence-corrected chi connectivity index (χ4v) is 2.51. The predicted octanol–water partition coefficient (Wildman–Crippen LogP) is 2.73. The number of amides is 1. The molecule has 2 aromatic heterocycles. The van der Waals surface area contributed by atoms with Gasteiger partial charge in [0.25, 0.3) is 5.91 Å². The van der Waals surface area contributed by atoms with Gasteiger partial charge in [0.2, 0.25) is 6.79 Å². The predicted molar refractivity (Wildman–Crippen MR) is 86.3 cm³/mol. The maximum Gasteiger partial charge on any atom is 0.251 e. The van der Waals surface area contributed by atoms with Crippen LogP contribution < -0.4 is 14.8 Å². The number of fused-ring (bicyclic) bond motifs is 1. The number of benzene rings is 1. The van der Waals surface area contributed by atoms with Gasteiger partial charge in [-0.1, -0.05) is 0 Å². The molecule has 1 amide bonds. The van der Waals surface area contributed by atoms with E-state index in [2.05, 4.69) is 5.32 Å². The second-order valence-electron chi connectivity index (χ2n) is 5.47. The quantitative estimate of drug-likeness (QED) is 0.741. The Morgan fingerprint density at radius 2 is 2.00 bits per heavy atom. The minimum absolute atomic E-state index is 0.0123. The average Bonchev–Trinajstić information content (AvgIpc) is 3.38. The molecule has 7 nitrogen and oxygen atoms in total. The van der Waals surface area contributed by atoms with Crippen LogP contribution >= 0.6 is 0 Å². The highest BCUT2D eigenvalue weighted by Gasteiger charge is 2.18. The summed E-state index contributed by atoms with van der Waals surface area (Å²) in [6.07, 6.45) is 0.571. The van der Waals surface area contributed by atoms with E-state index >= 15 is 0 Å². The topological polar surface area (TPSA) is 94.1 Å². The van der Waals surface area contributed by atoms with E-state index in [0.717, 1.165) is 0 Å². The van der Waals surface area contributed by atoms with Gasteiger partial charge in [-0.05, 0) is 42.5 Å². The molecule has 0 saturated carbocycles. The lowest BCUT2D eigenvalue weighted by molar-refractivity contribution is 0.0901. The molecule has 1 aliphatic rings. The fourth-order valence-electron chi connectivity index (χ4n) is 2.51. The standard InChI is InChI=1S/C18H15NO6/c20-12(13-5-6-16(25-13)14-2-1-7-22-14)9-19-18(21)11-3-4-15-17(8-11)24-10-23-15/h1-8,12,20H,9-10H2,(H,19,21)/t12-/m0/s1. The van der Waals surface area contributed by atoms with Gasteiger partial charge in [-0.3, -0.25) is 4.79 Å². The summed E-state index contributed by atoms with van der Waals surface area (Å²) in [6, 6.07) is 11.8. The van der Waals surface area contributed by atoms with Gasteiger partial charge in [-0.15, -0.1) is 0 Å². The number of carbonyl (C=O) groups excluding carboxylic acids is 1. The molecule has 0 radical (unpaired) electrons. The first kappa shape index (κ1) is 15.3. The average molecular weight is 341 g/mol. The highest BCUT2D eigenvalue weighted by atomic mass is 16.7. The van der Waals surface area contributed by atoms with Crippen molar-refractivity contribution in [3.63, 3.8) is 0 Å². The molecule has 128 valence electrons. The number of carbonyl (C=O) groups is 1. The zero-order valence-corrected chi connectivity index (χ0v) is 13.1. The summed E-state index contributed by atoms with van der Waals surface area (Å²) in [5.41, 5.74) is 0.423. The zero-order valence-electron chi connectivity index (χ0n) is 13.1. The lowest BCUT2D eigenvalue weighted by Gasteiger charge is -2.10. The molecule has 4 rings (SSSR count). The van der Waals surface area contributed by atoms with Crippen LogP contribution in [0.25, 0.3) is 11.5 Å². The molecule has 0 bridgehead atoms. The first-order valence-electron chi connectivity index (χ1n) is 7.70. The molecule has 0 fully saturated rings. The fraction of sp³-hybridized carbons (Fsp3) is 0.167. The molecule has 25 heavy (non-hydrogen) atoms. The van der Waals surface area contributed by atoms with Crippen LogP contribution in [0.2, 0.25) is 0 Å². The van der Waals surface area contributed by atoms with Crippen molar-refractivity contribution in [3.8, 4) is 23.0 Å². The van der Waals surface area contributed by atoms with E-state index in [0.29, 0.717) is 34.3 Å². The van der Waals surface area contributed by atoms with Crippen LogP contribution in [0.5, 0.6) is 11.5 Å². The van der Waals surface area contributed by atoms with Crippen LogP contribution in [0, 0.1) is 0 Å². The number of aliphatic hydroxyl groups is 1. The molecule has 3 heterocycles. The Kier molecular flexibility index (Phi) is 3.91. The van der Waals surface area contributed by atoms with Crippen LogP contribution in [-0.2, 0) is 0 Å². The Bertz CT molecular complexity index is 883. The van der Waals surface area contributed by atoms with Crippen LogP contribution in [0.4, 0.5) is 0 Å². The summed E-state index contributed by atoms with van der Waals surface area (Å²) in [5, 5.41) is 12.9. The molecule has 3 aromatic rings. The number of hydrogen-bond donors (Lipinski definition) is 2. The normalized spacial score (nSPS) is 13.6. The van der Waals surface area contributed by atoms with E-state index < -0.39 is 6.10 Å². The molecule has 1 aromatic carbocycles. The minimum Gasteiger partial charge on any atom is -0.461 e. The summed E-state index contributed by atoms with van der Waals surface area (Å²) >= 11 is 0. The summed E-state index contributed by atoms with van der Waals surface area (Å²) in [5.74, 6) is 2.25. The van der Waals surface area contributed by atoms with E-state index in [1.54, 1.807) is 48.7 Å². The van der Waals surface area contributed by atoms with Gasteiger partial charge in [0.05, 0.1) is 12.8 Å². The Morgan fingerprint density at radius 3 is 2.84 bits per heavy atom. The zero-order chi connectivity index (χ0) is 17.2. The monoisotopic (exact) mass is 341 g/mol. The molecule has 2 N–H and O–H groups in total. The molecule has 7 heteroatoms. The van der Waals surface area contributed by atoms with Crippen molar-refractivity contribution >= 4 is 5.91 Å². The highest BCUT2D eigenvalue weighted by molar-refractivity contribution is 5.94. The largest absolute Gasteiger partial charge is 0.461 e. The van der Waals surface area contributed by atoms with Crippen molar-refractivity contribution in [2.24, 2.45) is 0 Å². The summed E-state index contributed by atoms with van der Waals surface area (Å²) in [7, 11) is 0. The van der Waals surface area contributed by atoms with Gasteiger partial charge in [0.15, 0.2) is 23.0 Å². The van der Waals surface area contributed by atoms with Crippen molar-refractivity contribution in [1.29, 1.82) is 0 Å². The van der Waals surface area contributed by atoms with Crippen molar-refractivity contribution in [1.82, 2.24) is 5.32 Å². The maximum atomic E-state index is 12.2. The second-order valence-corrected chi connectivity index (χ2v) is 5.47. The summed E-state index contributed by atoms with van der Waals surface area (Å²) < 4.78 is 21.2. The first-order valence-corrected chi connectivity index (χ1v) is 7.70. The van der Waals surface area contributed by atoms with Crippen molar-refractivity contribution in [2.75, 3.05) is 13.3 Å². The molecule has 0 saturated heterocycles. The van der Waals surface area contributed by atoms with Crippen LogP contribution in [0.15, 0.2) is 57.6 Å². The Hall–Kier alpha value is -3.19. The Balaban J connectivity index is 1.38. The maximum absolute atomic E-state index is 12.2. The number of aliphatic hydroxyl groups excluding tert-OH is 1. The Morgan fingerprint density at radius 1 is 1.12 bits per heavy atom. The highest BCUT2D eigenvalue weighted by Crippen LogP contribution is 2.32. The molecular weight excluding hydrogens is 326 g/mol. The number of nitrogens with one attached hydrogen (secondary N) is 1. The molecule has 1 aliphatic heterocycles.